The highest BCUT2D eigenvalue weighted by molar-refractivity contribution is 7.88. The second kappa shape index (κ2) is 13.4. The van der Waals surface area contributed by atoms with Gasteiger partial charge in [-0.05, 0) is 29.7 Å². The highest BCUT2D eigenvalue weighted by Crippen LogP contribution is 2.41. The van der Waals surface area contributed by atoms with Crippen LogP contribution in [0.25, 0.3) is 0 Å². The summed E-state index contributed by atoms with van der Waals surface area (Å²) in [6, 6.07) is 11.3. The van der Waals surface area contributed by atoms with E-state index in [1.54, 1.807) is 25.3 Å². The van der Waals surface area contributed by atoms with E-state index in [2.05, 4.69) is 30.4 Å². The van der Waals surface area contributed by atoms with Crippen LogP contribution in [0.3, 0.4) is 0 Å². The van der Waals surface area contributed by atoms with Crippen LogP contribution in [0.2, 0.25) is 0 Å². The van der Waals surface area contributed by atoms with Crippen molar-refractivity contribution in [3.05, 3.63) is 65.4 Å². The molecule has 0 spiro atoms. The van der Waals surface area contributed by atoms with Crippen LogP contribution < -0.4 is 20.3 Å². The van der Waals surface area contributed by atoms with Gasteiger partial charge in [0.1, 0.15) is 17.1 Å². The van der Waals surface area contributed by atoms with E-state index >= 15 is 0 Å². The zero-order valence-corrected chi connectivity index (χ0v) is 26.5. The van der Waals surface area contributed by atoms with Crippen LogP contribution in [-0.4, -0.2) is 100 Å². The van der Waals surface area contributed by atoms with Crippen molar-refractivity contribution >= 4 is 33.2 Å². The molecule has 15 heteroatoms. The van der Waals surface area contributed by atoms with Gasteiger partial charge in [0.15, 0.2) is 0 Å². The fourth-order valence-corrected chi connectivity index (χ4v) is 6.52. The minimum absolute atomic E-state index is 0.0770. The average molecular weight is 650 g/mol. The van der Waals surface area contributed by atoms with E-state index < -0.39 is 39.7 Å². The van der Waals surface area contributed by atoms with Crippen LogP contribution in [0.5, 0.6) is 5.75 Å². The van der Waals surface area contributed by atoms with Crippen LogP contribution in [0.4, 0.5) is 36.3 Å². The van der Waals surface area contributed by atoms with Crippen LogP contribution in [0.15, 0.2) is 48.7 Å². The minimum Gasteiger partial charge on any atom is -0.494 e. The Balaban J connectivity index is 1.39. The van der Waals surface area contributed by atoms with Gasteiger partial charge in [0.25, 0.3) is 0 Å². The van der Waals surface area contributed by atoms with E-state index in [9.17, 15) is 21.6 Å². The van der Waals surface area contributed by atoms with Crippen LogP contribution >= 0.6 is 0 Å². The quantitative estimate of drug-likeness (QED) is 0.317. The maximum Gasteiger partial charge on any atom is 0.421 e. The molecule has 45 heavy (non-hydrogen) atoms. The number of anilines is 4. The monoisotopic (exact) mass is 649 g/mol. The van der Waals surface area contributed by atoms with Crippen LogP contribution in [0, 0.1) is 0 Å². The Morgan fingerprint density at radius 3 is 2.49 bits per heavy atom. The normalized spacial score (nSPS) is 19.1. The lowest BCUT2D eigenvalue weighted by Gasteiger charge is -2.36. The maximum atomic E-state index is 14.1. The molecule has 11 nitrogen and oxygen atoms in total. The lowest BCUT2D eigenvalue weighted by Crippen LogP contribution is -2.47. The number of halogens is 3. The molecule has 0 radical (unpaired) electrons. The smallest absolute Gasteiger partial charge is 0.421 e. The summed E-state index contributed by atoms with van der Waals surface area (Å²) < 4.78 is 79.4. The molecule has 5 rings (SSSR count). The molecule has 0 amide bonds. The van der Waals surface area contributed by atoms with Crippen molar-refractivity contribution < 1.29 is 31.1 Å². The van der Waals surface area contributed by atoms with Gasteiger partial charge in [-0.2, -0.15) is 22.5 Å². The Bertz CT molecular complexity index is 1600. The first-order chi connectivity index (χ1) is 21.4. The molecule has 244 valence electrons. The molecule has 2 heterocycles. The summed E-state index contributed by atoms with van der Waals surface area (Å²) in [5.74, 6) is -0.0492. The molecule has 2 aromatic carbocycles. The maximum absolute atomic E-state index is 14.1. The summed E-state index contributed by atoms with van der Waals surface area (Å²) in [5, 5.41) is 5.92. The molecule has 1 fully saturated rings. The number of ether oxygens (including phenoxy) is 2. The molecule has 3 aromatic rings. The van der Waals surface area contributed by atoms with Crippen molar-refractivity contribution in [2.75, 3.05) is 82.4 Å². The number of methoxy groups -OCH3 is 2. The fourth-order valence-electron chi connectivity index (χ4n) is 5.84. The standard InChI is InChI=1S/C30H38F3N7O4S/c1-38(45(4,41)42)27-22-8-6-5-7-20(22)17-25(27)35-28-23(30(31,32)33)19-34-29(37-28)36-24-10-9-21(18-26(24)44-3)40-13-11-39(12-14-40)15-16-43-2/h5-10,18-19,25,27H,11-17H2,1-4H3,(H2,34,35,36,37)/t25-,27-/m1/s1. The van der Waals surface area contributed by atoms with Gasteiger partial charge in [-0.25, -0.2) is 13.4 Å². The SMILES string of the molecule is COCCN1CCN(c2ccc(Nc3ncc(C(F)(F)F)c(N[C@@H]4Cc5ccccc5[C@H]4N(C)S(C)(=O)=O)n3)c(OC)c2)CC1. The van der Waals surface area contributed by atoms with Crippen LogP contribution in [-0.2, 0) is 27.4 Å². The number of nitrogens with zero attached hydrogens (tertiary/aromatic N) is 5. The third-order valence-electron chi connectivity index (χ3n) is 8.31. The molecular formula is C30H38F3N7O4S. The molecule has 1 aliphatic heterocycles. The summed E-state index contributed by atoms with van der Waals surface area (Å²) in [5.41, 5.74) is 1.95. The Labute approximate surface area is 261 Å². The topological polar surface area (TPSA) is 112 Å². The molecule has 1 saturated heterocycles. The summed E-state index contributed by atoms with van der Waals surface area (Å²) in [6.45, 7) is 5.02. The summed E-state index contributed by atoms with van der Waals surface area (Å²) in [7, 11) is 0.964. The lowest BCUT2D eigenvalue weighted by atomic mass is 10.1. The van der Waals surface area contributed by atoms with Crippen molar-refractivity contribution in [1.82, 2.24) is 19.2 Å². The number of nitrogens with one attached hydrogen (secondary N) is 2. The third-order valence-corrected chi connectivity index (χ3v) is 9.58. The van der Waals surface area contributed by atoms with E-state index in [0.29, 0.717) is 24.5 Å². The number of alkyl halides is 3. The first-order valence-electron chi connectivity index (χ1n) is 14.5. The van der Waals surface area contributed by atoms with Crippen molar-refractivity contribution in [2.24, 2.45) is 0 Å². The Kier molecular flexibility index (Phi) is 9.72. The molecule has 2 atom stereocenters. The summed E-state index contributed by atoms with van der Waals surface area (Å²) in [6.07, 6.45) is -2.66. The van der Waals surface area contributed by atoms with E-state index in [1.165, 1.54) is 18.5 Å². The lowest BCUT2D eigenvalue weighted by molar-refractivity contribution is -0.137. The third kappa shape index (κ3) is 7.43. The molecule has 2 N–H and O–H groups in total. The van der Waals surface area contributed by atoms with Crippen molar-refractivity contribution in [2.45, 2.75) is 24.7 Å². The molecular weight excluding hydrogens is 611 g/mol. The number of fused-ring (bicyclic) bond motifs is 1. The number of piperazine rings is 1. The van der Waals surface area contributed by atoms with Crippen molar-refractivity contribution in [3.8, 4) is 5.75 Å². The first-order valence-corrected chi connectivity index (χ1v) is 16.4. The molecule has 2 aliphatic rings. The number of hydrogen-bond donors (Lipinski definition) is 2. The number of aromatic nitrogens is 2. The summed E-state index contributed by atoms with van der Waals surface area (Å²) >= 11 is 0. The Hall–Kier alpha value is -3.66. The Morgan fingerprint density at radius 1 is 1.09 bits per heavy atom. The van der Waals surface area contributed by atoms with Crippen molar-refractivity contribution in [1.29, 1.82) is 0 Å². The predicted octanol–water partition coefficient (Wildman–Crippen LogP) is 3.99. The van der Waals surface area contributed by atoms with Gasteiger partial charge in [-0.3, -0.25) is 4.90 Å². The average Bonchev–Trinajstić information content (AvgIpc) is 3.36. The molecule has 0 saturated carbocycles. The molecule has 1 aromatic heterocycles. The summed E-state index contributed by atoms with van der Waals surface area (Å²) in [4.78, 5) is 12.8. The van der Waals surface area contributed by atoms with Gasteiger partial charge in [0, 0.05) is 64.8 Å². The zero-order chi connectivity index (χ0) is 32.4. The van der Waals surface area contributed by atoms with E-state index in [-0.39, 0.29) is 5.95 Å². The molecule has 0 unspecified atom stereocenters. The highest BCUT2D eigenvalue weighted by Gasteiger charge is 2.41. The van der Waals surface area contributed by atoms with E-state index in [0.717, 1.165) is 62.0 Å². The predicted molar refractivity (Wildman–Crippen MR) is 167 cm³/mol. The number of sulfonamides is 1. The first kappa shape index (κ1) is 32.7. The van der Waals surface area contributed by atoms with Gasteiger partial charge in [0.2, 0.25) is 16.0 Å². The Morgan fingerprint density at radius 2 is 1.82 bits per heavy atom. The minimum atomic E-state index is -4.75. The number of benzene rings is 2. The van der Waals surface area contributed by atoms with E-state index in [1.807, 2.05) is 24.3 Å². The number of hydrogen-bond acceptors (Lipinski definition) is 10. The van der Waals surface area contributed by atoms with Crippen molar-refractivity contribution in [3.63, 3.8) is 0 Å². The van der Waals surface area contributed by atoms with E-state index in [4.69, 9.17) is 9.47 Å². The number of rotatable bonds is 11. The van der Waals surface area contributed by atoms with Gasteiger partial charge in [-0.15, -0.1) is 0 Å². The molecule has 0 bridgehead atoms. The van der Waals surface area contributed by atoms with Gasteiger partial charge in [-0.1, -0.05) is 24.3 Å². The largest absolute Gasteiger partial charge is 0.494 e. The highest BCUT2D eigenvalue weighted by atomic mass is 32.2. The number of likely N-dealkylation sites (N-methyl/N-ethyl adjacent to an activating group) is 1. The molecule has 1 aliphatic carbocycles. The fraction of sp³-hybridized carbons (Fsp3) is 0.467. The second-order valence-corrected chi connectivity index (χ2v) is 13.2. The second-order valence-electron chi connectivity index (χ2n) is 11.2. The van der Waals surface area contributed by atoms with Gasteiger partial charge in [0.05, 0.1) is 37.7 Å². The van der Waals surface area contributed by atoms with Gasteiger partial charge < -0.3 is 25.0 Å². The van der Waals surface area contributed by atoms with Crippen LogP contribution in [0.1, 0.15) is 22.7 Å². The van der Waals surface area contributed by atoms with Gasteiger partial charge >= 0.3 is 6.18 Å². The zero-order valence-electron chi connectivity index (χ0n) is 25.6.